The van der Waals surface area contributed by atoms with Gasteiger partial charge in [-0.1, -0.05) is 30.3 Å². The molecule has 2 N–H and O–H groups in total. The molecular formula is C20H27N5O2S. The second-order valence-electron chi connectivity index (χ2n) is 7.17. The average molecular weight is 402 g/mol. The summed E-state index contributed by atoms with van der Waals surface area (Å²) in [6.45, 7) is 7.57. The van der Waals surface area contributed by atoms with Gasteiger partial charge in [-0.25, -0.2) is 4.98 Å². The van der Waals surface area contributed by atoms with Crippen molar-refractivity contribution >= 4 is 28.3 Å². The maximum Gasteiger partial charge on any atom is 0.273 e. The average Bonchev–Trinajstić information content (AvgIpc) is 3.15. The van der Waals surface area contributed by atoms with E-state index in [0.29, 0.717) is 45.0 Å². The molecule has 1 aliphatic rings. The first-order chi connectivity index (χ1) is 13.5. The van der Waals surface area contributed by atoms with E-state index in [9.17, 15) is 9.59 Å². The van der Waals surface area contributed by atoms with E-state index >= 15 is 0 Å². The Morgan fingerprint density at radius 1 is 1.14 bits per heavy atom. The molecule has 0 spiro atoms. The first-order valence-electron chi connectivity index (χ1n) is 9.55. The Balaban J connectivity index is 1.46. The zero-order valence-corrected chi connectivity index (χ0v) is 17.2. The maximum absolute atomic E-state index is 12.7. The minimum atomic E-state index is -0.0460. The molecule has 2 aromatic rings. The van der Waals surface area contributed by atoms with Gasteiger partial charge in [-0.15, -0.1) is 11.3 Å². The smallest absolute Gasteiger partial charge is 0.273 e. The Bertz CT molecular complexity index is 785. The number of aromatic nitrogens is 1. The summed E-state index contributed by atoms with van der Waals surface area (Å²) in [6.07, 6.45) is 0. The molecule has 1 aromatic carbocycles. The van der Waals surface area contributed by atoms with E-state index in [1.165, 1.54) is 16.9 Å². The van der Waals surface area contributed by atoms with Gasteiger partial charge in [0.1, 0.15) is 5.69 Å². The molecule has 7 nitrogen and oxygen atoms in total. The number of carbonyl (C=O) groups excluding carboxylic acids is 2. The molecule has 0 radical (unpaired) electrons. The fraction of sp³-hybridized carbons (Fsp3) is 0.450. The molecule has 0 unspecified atom stereocenters. The molecule has 1 fully saturated rings. The summed E-state index contributed by atoms with van der Waals surface area (Å²) in [5.74, 6) is -0.0151. The largest absolute Gasteiger partial charge is 0.357 e. The molecule has 1 saturated heterocycles. The zero-order valence-electron chi connectivity index (χ0n) is 16.4. The number of nitrogens with one attached hydrogen (secondary N) is 2. The molecule has 1 aromatic heterocycles. The van der Waals surface area contributed by atoms with Crippen LogP contribution in [-0.2, 0) is 11.3 Å². The van der Waals surface area contributed by atoms with Crippen molar-refractivity contribution in [3.05, 3.63) is 47.0 Å². The third kappa shape index (κ3) is 5.77. The number of hydrogen-bond donors (Lipinski definition) is 2. The molecular weight excluding hydrogens is 374 g/mol. The highest BCUT2D eigenvalue weighted by atomic mass is 32.1. The number of hydrogen-bond acceptors (Lipinski definition) is 6. The fourth-order valence-corrected chi connectivity index (χ4v) is 3.75. The van der Waals surface area contributed by atoms with Gasteiger partial charge in [0.25, 0.3) is 5.91 Å². The lowest BCUT2D eigenvalue weighted by molar-refractivity contribution is -0.123. The summed E-state index contributed by atoms with van der Waals surface area (Å²) in [5.41, 5.74) is 1.65. The van der Waals surface area contributed by atoms with Gasteiger partial charge in [0.2, 0.25) is 5.91 Å². The Labute approximate surface area is 169 Å². The highest BCUT2D eigenvalue weighted by Gasteiger charge is 2.24. The van der Waals surface area contributed by atoms with Crippen molar-refractivity contribution in [2.75, 3.05) is 38.0 Å². The van der Waals surface area contributed by atoms with Crippen LogP contribution in [0.3, 0.4) is 0 Å². The number of carbonyl (C=O) groups is 2. The second-order valence-corrected chi connectivity index (χ2v) is 8.03. The molecule has 2 heterocycles. The van der Waals surface area contributed by atoms with Gasteiger partial charge in [-0.2, -0.15) is 0 Å². The van der Waals surface area contributed by atoms with E-state index in [1.807, 2.05) is 49.1 Å². The Kier molecular flexibility index (Phi) is 7.00. The van der Waals surface area contributed by atoms with E-state index in [1.54, 1.807) is 5.38 Å². The van der Waals surface area contributed by atoms with E-state index in [2.05, 4.69) is 20.5 Å². The van der Waals surface area contributed by atoms with Crippen LogP contribution in [0.2, 0.25) is 0 Å². The molecule has 150 valence electrons. The lowest BCUT2D eigenvalue weighted by Crippen LogP contribution is -2.51. The Morgan fingerprint density at radius 2 is 1.86 bits per heavy atom. The van der Waals surface area contributed by atoms with Crippen LogP contribution in [-0.4, -0.2) is 65.4 Å². The van der Waals surface area contributed by atoms with Crippen molar-refractivity contribution in [3.63, 3.8) is 0 Å². The van der Waals surface area contributed by atoms with Gasteiger partial charge in [0, 0.05) is 44.1 Å². The van der Waals surface area contributed by atoms with E-state index in [0.717, 1.165) is 5.13 Å². The van der Waals surface area contributed by atoms with Crippen molar-refractivity contribution in [3.8, 4) is 0 Å². The highest BCUT2D eigenvalue weighted by Crippen LogP contribution is 2.18. The van der Waals surface area contributed by atoms with Crippen LogP contribution in [0.5, 0.6) is 0 Å². The third-order valence-electron chi connectivity index (χ3n) is 4.49. The topological polar surface area (TPSA) is 77.6 Å². The van der Waals surface area contributed by atoms with Crippen LogP contribution < -0.4 is 10.6 Å². The number of thiazole rings is 1. The van der Waals surface area contributed by atoms with Gasteiger partial charge < -0.3 is 15.5 Å². The van der Waals surface area contributed by atoms with Gasteiger partial charge in [-0.05, 0) is 19.4 Å². The number of rotatable bonds is 7. The summed E-state index contributed by atoms with van der Waals surface area (Å²) in [4.78, 5) is 32.9. The van der Waals surface area contributed by atoms with Crippen LogP contribution in [0, 0.1) is 0 Å². The number of benzene rings is 1. The van der Waals surface area contributed by atoms with E-state index in [4.69, 9.17) is 0 Å². The minimum absolute atomic E-state index is 0.0309. The number of anilines is 1. The van der Waals surface area contributed by atoms with Gasteiger partial charge >= 0.3 is 0 Å². The van der Waals surface area contributed by atoms with Crippen LogP contribution in [0.15, 0.2) is 35.7 Å². The minimum Gasteiger partial charge on any atom is -0.357 e. The number of nitrogens with zero attached hydrogens (tertiary/aromatic N) is 3. The zero-order chi connectivity index (χ0) is 19.9. The van der Waals surface area contributed by atoms with Crippen LogP contribution >= 0.6 is 11.3 Å². The Morgan fingerprint density at radius 3 is 2.54 bits per heavy atom. The third-order valence-corrected chi connectivity index (χ3v) is 5.29. The lowest BCUT2D eigenvalue weighted by Gasteiger charge is -2.34. The second kappa shape index (κ2) is 9.66. The van der Waals surface area contributed by atoms with Crippen LogP contribution in [0.25, 0.3) is 0 Å². The molecule has 8 heteroatoms. The molecule has 0 saturated carbocycles. The lowest BCUT2D eigenvalue weighted by atomic mass is 10.2. The molecule has 0 bridgehead atoms. The van der Waals surface area contributed by atoms with Crippen molar-refractivity contribution < 1.29 is 9.59 Å². The van der Waals surface area contributed by atoms with E-state index < -0.39 is 0 Å². The molecule has 3 rings (SSSR count). The SMILES string of the molecule is CC(C)NC(=O)CN1CCN(C(=O)c2csc(NCc3ccccc3)n2)CC1. The number of amides is 2. The molecule has 0 atom stereocenters. The molecule has 1 aliphatic heterocycles. The molecule has 2 amide bonds. The van der Waals surface area contributed by atoms with Crippen molar-refractivity contribution in [1.29, 1.82) is 0 Å². The summed E-state index contributed by atoms with van der Waals surface area (Å²) in [5, 5.41) is 8.72. The normalized spacial score (nSPS) is 14.9. The van der Waals surface area contributed by atoms with Crippen molar-refractivity contribution in [2.45, 2.75) is 26.4 Å². The molecule has 28 heavy (non-hydrogen) atoms. The monoisotopic (exact) mass is 401 g/mol. The first kappa shape index (κ1) is 20.3. The standard InChI is InChI=1S/C20H27N5O2S/c1-15(2)22-18(26)13-24-8-10-25(11-9-24)19(27)17-14-28-20(23-17)21-12-16-6-4-3-5-7-16/h3-7,14-15H,8-13H2,1-2H3,(H,21,23)(H,22,26). The van der Waals surface area contributed by atoms with Crippen LogP contribution in [0.4, 0.5) is 5.13 Å². The van der Waals surface area contributed by atoms with Crippen LogP contribution in [0.1, 0.15) is 29.9 Å². The highest BCUT2D eigenvalue weighted by molar-refractivity contribution is 7.13. The van der Waals surface area contributed by atoms with E-state index in [-0.39, 0.29) is 17.9 Å². The Hall–Kier alpha value is -2.45. The van der Waals surface area contributed by atoms with Gasteiger partial charge in [-0.3, -0.25) is 14.5 Å². The summed E-state index contributed by atoms with van der Waals surface area (Å²) in [6, 6.07) is 10.2. The van der Waals surface area contributed by atoms with Crippen molar-refractivity contribution in [1.82, 2.24) is 20.1 Å². The quantitative estimate of drug-likeness (QED) is 0.742. The molecule has 0 aliphatic carbocycles. The summed E-state index contributed by atoms with van der Waals surface area (Å²) in [7, 11) is 0. The summed E-state index contributed by atoms with van der Waals surface area (Å²) >= 11 is 1.44. The fourth-order valence-electron chi connectivity index (χ4n) is 3.07. The van der Waals surface area contributed by atoms with Gasteiger partial charge in [0.15, 0.2) is 5.13 Å². The predicted molar refractivity (Wildman–Crippen MR) is 112 cm³/mol. The summed E-state index contributed by atoms with van der Waals surface area (Å²) < 4.78 is 0. The maximum atomic E-state index is 12.7. The number of piperazine rings is 1. The van der Waals surface area contributed by atoms with Gasteiger partial charge in [0.05, 0.1) is 6.54 Å². The predicted octanol–water partition coefficient (Wildman–Crippen LogP) is 2.04. The first-order valence-corrected chi connectivity index (χ1v) is 10.4. The van der Waals surface area contributed by atoms with Crippen molar-refractivity contribution in [2.24, 2.45) is 0 Å².